The first-order valence-corrected chi connectivity index (χ1v) is 12.5. The van der Waals surface area contributed by atoms with Gasteiger partial charge in [0.1, 0.15) is 12.4 Å². The average Bonchev–Trinajstić information content (AvgIpc) is 3.28. The lowest BCUT2D eigenvalue weighted by atomic mass is 9.97. The number of aliphatic carboxylic acids is 1. The topological polar surface area (TPSA) is 89.6 Å². The largest absolute Gasteiger partial charge is 0.489 e. The van der Waals surface area contributed by atoms with Gasteiger partial charge in [0.2, 0.25) is 0 Å². The number of ketones is 1. The standard InChI is InChI=1S/C29H27Cl2NO4/c1-16(2)28(33)23(27(32)26-24(30)4-3-5-25(26)31)15-36-22-10-8-17(9-11-22)18-6-7-19-13-21(29(34)35)14-20(19)12-18/h3-12,16,21H,13-15,32H2,1-2H3,(H,34,35)/b27-23-. The van der Waals surface area contributed by atoms with Gasteiger partial charge in [0, 0.05) is 11.5 Å². The molecule has 5 nitrogen and oxygen atoms in total. The number of carbonyl (C=O) groups excluding carboxylic acids is 1. The number of carbonyl (C=O) groups is 2. The third-order valence-corrected chi connectivity index (χ3v) is 7.07. The quantitative estimate of drug-likeness (QED) is 0.332. The molecule has 0 aliphatic heterocycles. The summed E-state index contributed by atoms with van der Waals surface area (Å²) in [6.07, 6.45) is 1.13. The number of Topliss-reactive ketones (excluding diaryl/α,β-unsaturated/α-hetero) is 1. The van der Waals surface area contributed by atoms with Crippen molar-refractivity contribution in [2.75, 3.05) is 6.61 Å². The fourth-order valence-electron chi connectivity index (χ4n) is 4.41. The fraction of sp³-hybridized carbons (Fsp3) is 0.241. The molecular weight excluding hydrogens is 497 g/mol. The first kappa shape index (κ1) is 25.8. The number of hydrogen-bond acceptors (Lipinski definition) is 4. The Morgan fingerprint density at radius 1 is 0.972 bits per heavy atom. The van der Waals surface area contributed by atoms with Gasteiger partial charge in [-0.2, -0.15) is 0 Å². The number of carboxylic acid groups (broad SMARTS) is 1. The van der Waals surface area contributed by atoms with E-state index in [1.54, 1.807) is 32.0 Å². The third kappa shape index (κ3) is 5.43. The van der Waals surface area contributed by atoms with Gasteiger partial charge in [0.05, 0.1) is 27.2 Å². The number of carboxylic acids is 1. The molecule has 0 amide bonds. The molecular formula is C29H27Cl2NO4. The van der Waals surface area contributed by atoms with Crippen LogP contribution >= 0.6 is 23.2 Å². The minimum absolute atomic E-state index is 0.0286. The first-order valence-electron chi connectivity index (χ1n) is 11.7. The molecule has 0 heterocycles. The van der Waals surface area contributed by atoms with Crippen LogP contribution in [-0.2, 0) is 22.4 Å². The molecule has 3 aromatic rings. The Labute approximate surface area is 220 Å². The molecule has 36 heavy (non-hydrogen) atoms. The molecule has 1 atom stereocenters. The Kier molecular flexibility index (Phi) is 7.72. The van der Waals surface area contributed by atoms with Crippen LogP contribution in [0.15, 0.2) is 66.2 Å². The van der Waals surface area contributed by atoms with Gasteiger partial charge in [-0.3, -0.25) is 9.59 Å². The third-order valence-electron chi connectivity index (χ3n) is 6.44. The van der Waals surface area contributed by atoms with E-state index in [2.05, 4.69) is 6.07 Å². The van der Waals surface area contributed by atoms with Gasteiger partial charge in [-0.25, -0.2) is 0 Å². The molecule has 1 aliphatic rings. The van der Waals surface area contributed by atoms with Crippen molar-refractivity contribution < 1.29 is 19.4 Å². The average molecular weight is 524 g/mol. The lowest BCUT2D eigenvalue weighted by molar-refractivity contribution is -0.141. The number of hydrogen-bond donors (Lipinski definition) is 2. The van der Waals surface area contributed by atoms with Gasteiger partial charge in [-0.05, 0) is 59.4 Å². The number of halogens is 2. The van der Waals surface area contributed by atoms with E-state index in [4.69, 9.17) is 33.7 Å². The highest BCUT2D eigenvalue weighted by molar-refractivity contribution is 6.37. The van der Waals surface area contributed by atoms with Gasteiger partial charge in [-0.15, -0.1) is 0 Å². The molecule has 7 heteroatoms. The summed E-state index contributed by atoms with van der Waals surface area (Å²) < 4.78 is 5.96. The van der Waals surface area contributed by atoms with Gasteiger partial charge in [0.25, 0.3) is 0 Å². The van der Waals surface area contributed by atoms with Crippen LogP contribution in [0.5, 0.6) is 5.75 Å². The molecule has 0 radical (unpaired) electrons. The van der Waals surface area contributed by atoms with Crippen molar-refractivity contribution in [2.24, 2.45) is 17.6 Å². The van der Waals surface area contributed by atoms with Crippen molar-refractivity contribution in [3.8, 4) is 16.9 Å². The molecule has 0 fully saturated rings. The Bertz CT molecular complexity index is 1330. The summed E-state index contributed by atoms with van der Waals surface area (Å²) in [5.41, 5.74) is 11.5. The van der Waals surface area contributed by atoms with E-state index in [-0.39, 0.29) is 29.9 Å². The van der Waals surface area contributed by atoms with E-state index >= 15 is 0 Å². The van der Waals surface area contributed by atoms with E-state index < -0.39 is 5.97 Å². The summed E-state index contributed by atoms with van der Waals surface area (Å²) in [7, 11) is 0. The zero-order valence-corrected chi connectivity index (χ0v) is 21.6. The summed E-state index contributed by atoms with van der Waals surface area (Å²) in [5, 5.41) is 10.0. The molecule has 186 valence electrons. The van der Waals surface area contributed by atoms with Gasteiger partial charge in [-0.1, -0.05) is 73.4 Å². The van der Waals surface area contributed by atoms with Crippen LogP contribution in [-0.4, -0.2) is 23.5 Å². The van der Waals surface area contributed by atoms with E-state index in [0.29, 0.717) is 39.8 Å². The predicted molar refractivity (Wildman–Crippen MR) is 143 cm³/mol. The van der Waals surface area contributed by atoms with Crippen molar-refractivity contribution in [1.82, 2.24) is 0 Å². The van der Waals surface area contributed by atoms with Crippen molar-refractivity contribution in [1.29, 1.82) is 0 Å². The minimum Gasteiger partial charge on any atom is -0.489 e. The molecule has 0 spiro atoms. The number of fused-ring (bicyclic) bond motifs is 1. The maximum Gasteiger partial charge on any atom is 0.307 e. The smallest absolute Gasteiger partial charge is 0.307 e. The van der Waals surface area contributed by atoms with Crippen LogP contribution in [0.2, 0.25) is 10.0 Å². The SMILES string of the molecule is CC(C)C(=O)/C(COc1ccc(-c2ccc3c(c2)CC(C(=O)O)C3)cc1)=C(\N)c1c(Cl)cccc1Cl. The molecule has 3 N–H and O–H groups in total. The van der Waals surface area contributed by atoms with Crippen molar-refractivity contribution >= 4 is 40.7 Å². The monoisotopic (exact) mass is 523 g/mol. The van der Waals surface area contributed by atoms with E-state index in [1.165, 1.54) is 0 Å². The summed E-state index contributed by atoms with van der Waals surface area (Å²) >= 11 is 12.6. The Morgan fingerprint density at radius 3 is 2.19 bits per heavy atom. The second kappa shape index (κ2) is 10.8. The van der Waals surface area contributed by atoms with E-state index in [9.17, 15) is 14.7 Å². The molecule has 0 saturated carbocycles. The molecule has 0 bridgehead atoms. The summed E-state index contributed by atoms with van der Waals surface area (Å²) in [6.45, 7) is 3.57. The minimum atomic E-state index is -0.754. The molecule has 0 aromatic heterocycles. The van der Waals surface area contributed by atoms with Gasteiger partial charge < -0.3 is 15.6 Å². The van der Waals surface area contributed by atoms with Crippen molar-refractivity contribution in [2.45, 2.75) is 26.7 Å². The Hall–Kier alpha value is -3.28. The highest BCUT2D eigenvalue weighted by Crippen LogP contribution is 2.33. The van der Waals surface area contributed by atoms with Gasteiger partial charge in [0.15, 0.2) is 5.78 Å². The second-order valence-electron chi connectivity index (χ2n) is 9.25. The Morgan fingerprint density at radius 2 is 1.58 bits per heavy atom. The highest BCUT2D eigenvalue weighted by Gasteiger charge is 2.27. The zero-order chi connectivity index (χ0) is 26.0. The molecule has 0 saturated heterocycles. The van der Waals surface area contributed by atoms with Crippen molar-refractivity contribution in [3.05, 3.63) is 93.0 Å². The predicted octanol–water partition coefficient (Wildman–Crippen LogP) is 6.43. The van der Waals surface area contributed by atoms with Crippen molar-refractivity contribution in [3.63, 3.8) is 0 Å². The number of nitrogens with two attached hydrogens (primary N) is 1. The normalized spacial score (nSPS) is 15.4. The summed E-state index contributed by atoms with van der Waals surface area (Å²) in [4.78, 5) is 24.3. The highest BCUT2D eigenvalue weighted by atomic mass is 35.5. The van der Waals surface area contributed by atoms with Gasteiger partial charge >= 0.3 is 5.97 Å². The van der Waals surface area contributed by atoms with Crippen LogP contribution in [0.4, 0.5) is 0 Å². The van der Waals surface area contributed by atoms with Crippen LogP contribution < -0.4 is 10.5 Å². The van der Waals surface area contributed by atoms with Crippen LogP contribution in [0, 0.1) is 11.8 Å². The first-order chi connectivity index (χ1) is 17.2. The van der Waals surface area contributed by atoms with Crippen LogP contribution in [0.3, 0.4) is 0 Å². The van der Waals surface area contributed by atoms with E-state index in [0.717, 1.165) is 22.3 Å². The fourth-order valence-corrected chi connectivity index (χ4v) is 5.01. The maximum absolute atomic E-state index is 13.0. The molecule has 4 rings (SSSR count). The molecule has 3 aromatic carbocycles. The number of benzene rings is 3. The number of rotatable bonds is 8. The summed E-state index contributed by atoms with van der Waals surface area (Å²) in [6, 6.07) is 18.7. The zero-order valence-electron chi connectivity index (χ0n) is 20.1. The maximum atomic E-state index is 13.0. The second-order valence-corrected chi connectivity index (χ2v) is 10.1. The van der Waals surface area contributed by atoms with E-state index in [1.807, 2.05) is 36.4 Å². The molecule has 1 aliphatic carbocycles. The lowest BCUT2D eigenvalue weighted by Crippen LogP contribution is -2.21. The number of ether oxygens (including phenoxy) is 1. The lowest BCUT2D eigenvalue weighted by Gasteiger charge is -2.16. The molecule has 1 unspecified atom stereocenters. The Balaban J connectivity index is 1.54. The van der Waals surface area contributed by atoms with Crippen LogP contribution in [0.1, 0.15) is 30.5 Å². The van der Waals surface area contributed by atoms with Crippen LogP contribution in [0.25, 0.3) is 16.8 Å². The summed E-state index contributed by atoms with van der Waals surface area (Å²) in [5.74, 6) is -0.951.